The quantitative estimate of drug-likeness (QED) is 0.384. The second kappa shape index (κ2) is 10.9. The molecular formula is C26H36FN5O3. The van der Waals surface area contributed by atoms with Crippen LogP contribution in [0.25, 0.3) is 5.57 Å². The van der Waals surface area contributed by atoms with Crippen LogP contribution >= 0.6 is 0 Å². The van der Waals surface area contributed by atoms with Gasteiger partial charge in [0.2, 0.25) is 12.3 Å². The summed E-state index contributed by atoms with van der Waals surface area (Å²) in [6.45, 7) is 7.24. The SMILES string of the molecule is CN=CC(=C(C)N)c1ccc(C[C@@H](C#N)NC(=O)[C@@H]2[C@H]3CC[C@H](C3)N2C(O)OC(C)(C)C)c(F)c1. The van der Waals surface area contributed by atoms with E-state index in [0.717, 1.165) is 19.3 Å². The van der Waals surface area contributed by atoms with E-state index in [2.05, 4.69) is 16.4 Å². The zero-order valence-corrected chi connectivity index (χ0v) is 21.1. The molecule has 9 heteroatoms. The largest absolute Gasteiger partial charge is 0.402 e. The Morgan fingerprint density at radius 1 is 1.46 bits per heavy atom. The first-order valence-electron chi connectivity index (χ1n) is 12.0. The standard InChI is InChI=1S/C26H36FN5O3/c1-15(29)21(14-30-5)16-6-7-17(22(27)12-16)10-19(13-28)31-24(33)23-18-8-9-20(11-18)32(23)25(34)35-26(2,3)4/h6-7,12,14,18-20,23,25,34H,8-11,29H2,1-5H3,(H,31,33)/t18-,19-,20+,23-,25?/m0/s1. The third-order valence-corrected chi connectivity index (χ3v) is 6.56. The summed E-state index contributed by atoms with van der Waals surface area (Å²) in [7, 11) is 1.61. The number of ether oxygens (including phenoxy) is 1. The highest BCUT2D eigenvalue weighted by Gasteiger charge is 2.52. The smallest absolute Gasteiger partial charge is 0.238 e. The number of nitrogens with zero attached hydrogens (tertiary/aromatic N) is 3. The van der Waals surface area contributed by atoms with Crippen molar-refractivity contribution < 1.29 is 19.0 Å². The lowest BCUT2D eigenvalue weighted by molar-refractivity contribution is -0.254. The molecule has 1 aliphatic carbocycles. The van der Waals surface area contributed by atoms with E-state index in [0.29, 0.717) is 22.4 Å². The summed E-state index contributed by atoms with van der Waals surface area (Å²) in [6.07, 6.45) is 2.94. The van der Waals surface area contributed by atoms with Crippen LogP contribution in [0.4, 0.5) is 4.39 Å². The van der Waals surface area contributed by atoms with Gasteiger partial charge in [-0.2, -0.15) is 5.26 Å². The van der Waals surface area contributed by atoms with Crippen LogP contribution in [0.15, 0.2) is 28.9 Å². The molecule has 0 aromatic heterocycles. The molecule has 0 radical (unpaired) electrons. The molecular weight excluding hydrogens is 449 g/mol. The summed E-state index contributed by atoms with van der Waals surface area (Å²) in [6, 6.07) is 5.29. The van der Waals surface area contributed by atoms with Gasteiger partial charge in [-0.1, -0.05) is 12.1 Å². The van der Waals surface area contributed by atoms with Crippen LogP contribution in [-0.4, -0.2) is 59.3 Å². The molecule has 4 N–H and O–H groups in total. The van der Waals surface area contributed by atoms with Crippen molar-refractivity contribution in [3.63, 3.8) is 0 Å². The average molecular weight is 486 g/mol. The first kappa shape index (κ1) is 26.8. The van der Waals surface area contributed by atoms with Gasteiger partial charge in [0.1, 0.15) is 11.9 Å². The maximum absolute atomic E-state index is 14.9. The van der Waals surface area contributed by atoms with Gasteiger partial charge < -0.3 is 20.9 Å². The minimum atomic E-state index is -1.22. The lowest BCUT2D eigenvalue weighted by Gasteiger charge is -2.39. The van der Waals surface area contributed by atoms with Crippen LogP contribution in [0.5, 0.6) is 0 Å². The number of aliphatic imine (C=N–C) groups is 1. The Bertz CT molecular complexity index is 1040. The fraction of sp³-hybridized carbons (Fsp3) is 0.577. The van der Waals surface area contributed by atoms with Gasteiger partial charge in [0, 0.05) is 37.0 Å². The van der Waals surface area contributed by atoms with Gasteiger partial charge in [0.15, 0.2) is 0 Å². The van der Waals surface area contributed by atoms with Crippen molar-refractivity contribution in [2.24, 2.45) is 16.6 Å². The fourth-order valence-electron chi connectivity index (χ4n) is 5.08. The number of halogens is 1. The van der Waals surface area contributed by atoms with Gasteiger partial charge in [0.25, 0.3) is 0 Å². The van der Waals surface area contributed by atoms with E-state index in [1.54, 1.807) is 37.2 Å². The van der Waals surface area contributed by atoms with Gasteiger partial charge in [-0.05, 0) is 70.1 Å². The molecule has 1 amide bonds. The lowest BCUT2D eigenvalue weighted by Crippen LogP contribution is -2.57. The Balaban J connectivity index is 1.73. The number of benzene rings is 1. The van der Waals surface area contributed by atoms with Crippen LogP contribution in [-0.2, 0) is 16.0 Å². The topological polar surface area (TPSA) is 124 Å². The molecule has 2 fully saturated rings. The number of rotatable bonds is 8. The maximum atomic E-state index is 14.9. The molecule has 1 aliphatic heterocycles. The zero-order valence-electron chi connectivity index (χ0n) is 21.1. The van der Waals surface area contributed by atoms with Crippen molar-refractivity contribution in [1.82, 2.24) is 10.2 Å². The Morgan fingerprint density at radius 2 is 2.17 bits per heavy atom. The van der Waals surface area contributed by atoms with E-state index in [9.17, 15) is 19.6 Å². The number of hydrogen-bond acceptors (Lipinski definition) is 7. The second-order valence-corrected chi connectivity index (χ2v) is 10.4. The summed E-state index contributed by atoms with van der Waals surface area (Å²) in [5, 5.41) is 23.2. The number of fused-ring (bicyclic) bond motifs is 2. The van der Waals surface area contributed by atoms with Crippen LogP contribution in [0.1, 0.15) is 58.1 Å². The van der Waals surface area contributed by atoms with E-state index in [-0.39, 0.29) is 24.3 Å². The van der Waals surface area contributed by atoms with E-state index in [1.807, 2.05) is 20.8 Å². The highest BCUT2D eigenvalue weighted by Crippen LogP contribution is 2.44. The van der Waals surface area contributed by atoms with Gasteiger partial charge >= 0.3 is 0 Å². The molecule has 8 nitrogen and oxygen atoms in total. The predicted octanol–water partition coefficient (Wildman–Crippen LogP) is 2.71. The number of aliphatic hydroxyl groups excluding tert-OH is 1. The molecule has 1 heterocycles. The number of piperidine rings is 1. The fourth-order valence-corrected chi connectivity index (χ4v) is 5.08. The van der Waals surface area contributed by atoms with Crippen molar-refractivity contribution in [3.05, 3.63) is 40.8 Å². The number of nitrogens with one attached hydrogen (secondary N) is 1. The van der Waals surface area contributed by atoms with Crippen molar-refractivity contribution in [1.29, 1.82) is 5.26 Å². The van der Waals surface area contributed by atoms with E-state index < -0.39 is 29.9 Å². The molecule has 2 aliphatic rings. The summed E-state index contributed by atoms with van der Waals surface area (Å²) < 4.78 is 20.6. The molecule has 0 spiro atoms. The summed E-state index contributed by atoms with van der Waals surface area (Å²) in [5.74, 6) is -0.755. The third-order valence-electron chi connectivity index (χ3n) is 6.56. The minimum Gasteiger partial charge on any atom is -0.402 e. The van der Waals surface area contributed by atoms with Crippen molar-refractivity contribution in [3.8, 4) is 6.07 Å². The van der Waals surface area contributed by atoms with Gasteiger partial charge in [-0.25, -0.2) is 9.29 Å². The minimum absolute atomic E-state index is 0.0126. The third kappa shape index (κ3) is 6.26. The van der Waals surface area contributed by atoms with E-state index in [1.165, 1.54) is 6.07 Å². The van der Waals surface area contributed by atoms with Gasteiger partial charge in [-0.3, -0.25) is 9.79 Å². The van der Waals surface area contributed by atoms with Crippen molar-refractivity contribution in [2.45, 2.75) is 83.5 Å². The predicted molar refractivity (Wildman–Crippen MR) is 132 cm³/mol. The average Bonchev–Trinajstić information content (AvgIpc) is 3.38. The van der Waals surface area contributed by atoms with Crippen LogP contribution in [0, 0.1) is 23.1 Å². The number of allylic oxidation sites excluding steroid dienone is 2. The summed E-state index contributed by atoms with van der Waals surface area (Å²) in [4.78, 5) is 18.9. The Labute approximate surface area is 206 Å². The number of hydrogen-bond donors (Lipinski definition) is 3. The number of carbonyl (C=O) groups is 1. The number of carbonyl (C=O) groups excluding carboxylic acids is 1. The molecule has 5 atom stereocenters. The molecule has 1 saturated carbocycles. The molecule has 1 saturated heterocycles. The molecule has 2 bridgehead atoms. The highest BCUT2D eigenvalue weighted by atomic mass is 19.1. The number of amides is 1. The molecule has 1 aromatic carbocycles. The van der Waals surface area contributed by atoms with Crippen LogP contribution in [0.2, 0.25) is 0 Å². The monoisotopic (exact) mass is 485 g/mol. The van der Waals surface area contributed by atoms with Crippen LogP contribution in [0.3, 0.4) is 0 Å². The maximum Gasteiger partial charge on any atom is 0.238 e. The molecule has 3 rings (SSSR count). The number of nitrogens with two attached hydrogens (primary N) is 1. The Kier molecular flexibility index (Phi) is 8.31. The van der Waals surface area contributed by atoms with E-state index >= 15 is 0 Å². The van der Waals surface area contributed by atoms with Gasteiger partial charge in [0.05, 0.1) is 17.7 Å². The number of aliphatic hydroxyl groups is 1. The first-order chi connectivity index (χ1) is 16.4. The van der Waals surface area contributed by atoms with E-state index in [4.69, 9.17) is 10.5 Å². The normalized spacial score (nSPS) is 24.8. The van der Waals surface area contributed by atoms with Crippen molar-refractivity contribution >= 4 is 17.7 Å². The number of nitriles is 1. The molecule has 1 unspecified atom stereocenters. The highest BCUT2D eigenvalue weighted by molar-refractivity contribution is 6.10. The number of likely N-dealkylation sites (tertiary alicyclic amines) is 1. The molecule has 1 aromatic rings. The first-order valence-corrected chi connectivity index (χ1v) is 12.0. The second-order valence-electron chi connectivity index (χ2n) is 10.4. The zero-order chi connectivity index (χ0) is 25.9. The molecule has 190 valence electrons. The summed E-state index contributed by atoms with van der Waals surface area (Å²) >= 11 is 0. The molecule has 35 heavy (non-hydrogen) atoms. The summed E-state index contributed by atoms with van der Waals surface area (Å²) in [5.41, 5.74) is 7.34. The Hall–Kier alpha value is -2.80. The Morgan fingerprint density at radius 3 is 2.74 bits per heavy atom. The lowest BCUT2D eigenvalue weighted by atomic mass is 9.96. The van der Waals surface area contributed by atoms with Gasteiger partial charge in [-0.15, -0.1) is 0 Å². The van der Waals surface area contributed by atoms with Crippen LogP contribution < -0.4 is 11.1 Å². The van der Waals surface area contributed by atoms with Crippen molar-refractivity contribution in [2.75, 3.05) is 7.05 Å².